The molecule has 0 radical (unpaired) electrons. The minimum absolute atomic E-state index is 0.137. The number of carboxylic acids is 1. The van der Waals surface area contributed by atoms with Crippen LogP contribution in [0.1, 0.15) is 11.3 Å². The fourth-order valence-corrected chi connectivity index (χ4v) is 1.47. The second kappa shape index (κ2) is 7.44. The number of hydrogen-bond donors (Lipinski definition) is 4. The van der Waals surface area contributed by atoms with E-state index in [1.807, 2.05) is 35.8 Å². The SMILES string of the molecule is NN/C(Oc1nccc(C#Cc2ccccc2)n1)=C(\N)C(=O)O. The smallest absolute Gasteiger partial charge is 0.357 e. The van der Waals surface area contributed by atoms with Gasteiger partial charge >= 0.3 is 12.0 Å². The molecule has 0 amide bonds. The molecule has 8 heteroatoms. The minimum atomic E-state index is -1.39. The van der Waals surface area contributed by atoms with Gasteiger partial charge in [0.05, 0.1) is 0 Å². The Kier molecular flexibility index (Phi) is 5.12. The first-order valence-corrected chi connectivity index (χ1v) is 6.38. The van der Waals surface area contributed by atoms with Crippen molar-refractivity contribution in [2.75, 3.05) is 0 Å². The van der Waals surface area contributed by atoms with E-state index in [1.54, 1.807) is 6.07 Å². The summed E-state index contributed by atoms with van der Waals surface area (Å²) in [4.78, 5) is 18.7. The first-order chi connectivity index (χ1) is 11.1. The van der Waals surface area contributed by atoms with Crippen molar-refractivity contribution in [3.05, 3.63) is 65.4 Å². The Balaban J connectivity index is 2.22. The van der Waals surface area contributed by atoms with Gasteiger partial charge in [-0.25, -0.2) is 15.6 Å². The molecule has 1 heterocycles. The highest BCUT2D eigenvalue weighted by atomic mass is 16.5. The van der Waals surface area contributed by atoms with E-state index in [-0.39, 0.29) is 11.9 Å². The topological polar surface area (TPSA) is 136 Å². The highest BCUT2D eigenvalue weighted by Gasteiger charge is 2.13. The average molecular weight is 311 g/mol. The van der Waals surface area contributed by atoms with Gasteiger partial charge in [-0.3, -0.25) is 5.43 Å². The lowest BCUT2D eigenvalue weighted by Crippen LogP contribution is -2.31. The maximum Gasteiger partial charge on any atom is 0.357 e. The summed E-state index contributed by atoms with van der Waals surface area (Å²) in [7, 11) is 0. The zero-order valence-corrected chi connectivity index (χ0v) is 11.9. The summed E-state index contributed by atoms with van der Waals surface area (Å²) >= 11 is 0. The third kappa shape index (κ3) is 4.45. The van der Waals surface area contributed by atoms with Gasteiger partial charge in [-0.1, -0.05) is 24.1 Å². The zero-order valence-electron chi connectivity index (χ0n) is 11.9. The lowest BCUT2D eigenvalue weighted by Gasteiger charge is -2.08. The first-order valence-electron chi connectivity index (χ1n) is 6.38. The van der Waals surface area contributed by atoms with Crippen molar-refractivity contribution in [2.45, 2.75) is 0 Å². The molecule has 0 aliphatic heterocycles. The van der Waals surface area contributed by atoms with Crippen LogP contribution in [0.4, 0.5) is 0 Å². The molecular weight excluding hydrogens is 298 g/mol. The van der Waals surface area contributed by atoms with Gasteiger partial charge in [-0.2, -0.15) is 4.98 Å². The van der Waals surface area contributed by atoms with Crippen LogP contribution >= 0.6 is 0 Å². The molecule has 0 spiro atoms. The molecule has 0 aliphatic carbocycles. The monoisotopic (exact) mass is 311 g/mol. The van der Waals surface area contributed by atoms with Gasteiger partial charge in [0.1, 0.15) is 5.69 Å². The summed E-state index contributed by atoms with van der Waals surface area (Å²) in [6.07, 6.45) is 1.42. The normalized spacial score (nSPS) is 10.8. The molecule has 116 valence electrons. The molecule has 1 aromatic heterocycles. The van der Waals surface area contributed by atoms with E-state index in [1.165, 1.54) is 6.20 Å². The van der Waals surface area contributed by atoms with Crippen LogP contribution in [0.5, 0.6) is 6.01 Å². The van der Waals surface area contributed by atoms with Crippen molar-refractivity contribution >= 4 is 5.97 Å². The summed E-state index contributed by atoms with van der Waals surface area (Å²) in [5, 5.41) is 8.80. The highest BCUT2D eigenvalue weighted by molar-refractivity contribution is 5.85. The van der Waals surface area contributed by atoms with Gasteiger partial charge in [-0.05, 0) is 24.1 Å². The van der Waals surface area contributed by atoms with E-state index in [0.29, 0.717) is 5.69 Å². The van der Waals surface area contributed by atoms with E-state index in [4.69, 9.17) is 21.4 Å². The number of benzene rings is 1. The molecule has 2 aromatic rings. The van der Waals surface area contributed by atoms with Gasteiger partial charge in [0.25, 0.3) is 0 Å². The quantitative estimate of drug-likeness (QED) is 0.202. The number of nitrogens with zero attached hydrogens (tertiary/aromatic N) is 2. The Morgan fingerprint density at radius 3 is 2.61 bits per heavy atom. The maximum absolute atomic E-state index is 10.8. The Morgan fingerprint density at radius 2 is 1.96 bits per heavy atom. The van der Waals surface area contributed by atoms with Gasteiger partial charge in [0, 0.05) is 11.8 Å². The Bertz CT molecular complexity index is 794. The fraction of sp³-hybridized carbons (Fsp3) is 0. The van der Waals surface area contributed by atoms with Crippen molar-refractivity contribution in [3.63, 3.8) is 0 Å². The predicted molar refractivity (Wildman–Crippen MR) is 81.3 cm³/mol. The Labute approximate surface area is 131 Å². The summed E-state index contributed by atoms with van der Waals surface area (Å²) in [6, 6.07) is 10.8. The van der Waals surface area contributed by atoms with Crippen LogP contribution in [0, 0.1) is 11.8 Å². The second-order valence-corrected chi connectivity index (χ2v) is 4.13. The van der Waals surface area contributed by atoms with Gasteiger partial charge in [-0.15, -0.1) is 0 Å². The number of carboxylic acid groups (broad SMARTS) is 1. The van der Waals surface area contributed by atoms with E-state index in [0.717, 1.165) is 5.56 Å². The number of ether oxygens (including phenoxy) is 1. The molecule has 8 nitrogen and oxygen atoms in total. The maximum atomic E-state index is 10.8. The number of aliphatic carboxylic acids is 1. The van der Waals surface area contributed by atoms with Crippen molar-refractivity contribution < 1.29 is 14.6 Å². The van der Waals surface area contributed by atoms with Gasteiger partial charge in [0.2, 0.25) is 5.88 Å². The van der Waals surface area contributed by atoms with Gasteiger partial charge in [0.15, 0.2) is 5.70 Å². The molecular formula is C15H13N5O3. The molecule has 0 fully saturated rings. The van der Waals surface area contributed by atoms with Crippen LogP contribution in [0.25, 0.3) is 0 Å². The fourth-order valence-electron chi connectivity index (χ4n) is 1.47. The van der Waals surface area contributed by atoms with Crippen LogP contribution in [-0.2, 0) is 4.79 Å². The minimum Gasteiger partial charge on any atom is -0.476 e. The van der Waals surface area contributed by atoms with Crippen LogP contribution in [0.2, 0.25) is 0 Å². The van der Waals surface area contributed by atoms with E-state index < -0.39 is 11.7 Å². The molecule has 2 rings (SSSR count). The lowest BCUT2D eigenvalue weighted by molar-refractivity contribution is -0.132. The number of nitrogens with two attached hydrogens (primary N) is 2. The number of carbonyl (C=O) groups is 1. The van der Waals surface area contributed by atoms with Crippen molar-refractivity contribution in [1.82, 2.24) is 15.4 Å². The number of rotatable bonds is 4. The molecule has 0 aliphatic rings. The predicted octanol–water partition coefficient (Wildman–Crippen LogP) is -0.0691. The summed E-state index contributed by atoms with van der Waals surface area (Å²) < 4.78 is 5.13. The lowest BCUT2D eigenvalue weighted by atomic mass is 10.2. The van der Waals surface area contributed by atoms with Crippen molar-refractivity contribution in [2.24, 2.45) is 11.6 Å². The van der Waals surface area contributed by atoms with Crippen LogP contribution < -0.4 is 21.7 Å². The highest BCUT2D eigenvalue weighted by Crippen LogP contribution is 2.07. The van der Waals surface area contributed by atoms with E-state index in [2.05, 4.69) is 21.8 Å². The Hall–Kier alpha value is -3.57. The third-order valence-electron chi connectivity index (χ3n) is 2.54. The molecule has 0 bridgehead atoms. The number of hydrazine groups is 1. The molecule has 0 saturated carbocycles. The largest absolute Gasteiger partial charge is 0.476 e. The van der Waals surface area contributed by atoms with E-state index in [9.17, 15) is 4.79 Å². The van der Waals surface area contributed by atoms with E-state index >= 15 is 0 Å². The molecule has 6 N–H and O–H groups in total. The molecule has 1 aromatic carbocycles. The van der Waals surface area contributed by atoms with Crippen molar-refractivity contribution in [1.29, 1.82) is 0 Å². The van der Waals surface area contributed by atoms with Crippen LogP contribution in [-0.4, -0.2) is 21.0 Å². The van der Waals surface area contributed by atoms with Crippen LogP contribution in [0.3, 0.4) is 0 Å². The standard InChI is InChI=1S/C15H13N5O3/c16-12(14(21)22)13(20-17)23-15-18-9-8-11(19-15)7-6-10-4-2-1-3-5-10/h1-5,8-9,20H,16-17H2,(H,21,22)/b13-12+. The summed E-state index contributed by atoms with van der Waals surface area (Å²) in [5.41, 5.74) is 7.98. The van der Waals surface area contributed by atoms with Crippen molar-refractivity contribution in [3.8, 4) is 17.9 Å². The average Bonchev–Trinajstić information content (AvgIpc) is 2.58. The molecule has 0 saturated heterocycles. The molecule has 0 atom stereocenters. The second-order valence-electron chi connectivity index (χ2n) is 4.13. The number of hydrogen-bond acceptors (Lipinski definition) is 7. The third-order valence-corrected chi connectivity index (χ3v) is 2.54. The Morgan fingerprint density at radius 1 is 1.22 bits per heavy atom. The first kappa shape index (κ1) is 15.8. The summed E-state index contributed by atoms with van der Waals surface area (Å²) in [5.74, 6) is 9.19. The summed E-state index contributed by atoms with van der Waals surface area (Å²) in [6.45, 7) is 0. The molecule has 23 heavy (non-hydrogen) atoms. The number of nitrogens with one attached hydrogen (secondary N) is 1. The molecule has 0 unspecified atom stereocenters. The zero-order chi connectivity index (χ0) is 16.7. The number of aromatic nitrogens is 2. The van der Waals surface area contributed by atoms with Crippen LogP contribution in [0.15, 0.2) is 54.2 Å². The van der Waals surface area contributed by atoms with Gasteiger partial charge < -0.3 is 15.6 Å².